The molecular formula is C33H17N3O2S. The Bertz CT molecular complexity index is 2210. The van der Waals surface area contributed by atoms with Crippen LogP contribution in [0.1, 0.15) is 26.3 Å². The number of carbonyl (C=O) groups is 2. The van der Waals surface area contributed by atoms with Crippen molar-refractivity contribution < 1.29 is 9.59 Å². The van der Waals surface area contributed by atoms with Crippen LogP contribution in [0.25, 0.3) is 47.7 Å². The molecule has 5 nitrogen and oxygen atoms in total. The average Bonchev–Trinajstić information content (AvgIpc) is 3.60. The SMILES string of the molecule is N#Cc1cccc(-n2c3ccccc3c3c4sc5ccccc5c4ccc32)c1N1C(=O)c2ccccc2C1=O. The molecule has 0 saturated carbocycles. The van der Waals surface area contributed by atoms with Gasteiger partial charge in [0.15, 0.2) is 0 Å². The minimum atomic E-state index is -0.424. The number of rotatable bonds is 2. The number of fused-ring (bicyclic) bond motifs is 8. The summed E-state index contributed by atoms with van der Waals surface area (Å²) in [5.41, 5.74) is 3.73. The molecule has 39 heavy (non-hydrogen) atoms. The molecule has 8 rings (SSSR count). The summed E-state index contributed by atoms with van der Waals surface area (Å²) in [6, 6.07) is 35.2. The highest BCUT2D eigenvalue weighted by Crippen LogP contribution is 2.45. The molecule has 2 amide bonds. The van der Waals surface area contributed by atoms with Crippen molar-refractivity contribution in [2.24, 2.45) is 0 Å². The van der Waals surface area contributed by atoms with Crippen molar-refractivity contribution in [2.45, 2.75) is 0 Å². The predicted molar refractivity (Wildman–Crippen MR) is 156 cm³/mol. The van der Waals surface area contributed by atoms with Gasteiger partial charge in [-0.2, -0.15) is 5.26 Å². The van der Waals surface area contributed by atoms with Gasteiger partial charge in [-0.05, 0) is 42.5 Å². The summed E-state index contributed by atoms with van der Waals surface area (Å²) >= 11 is 1.76. The second-order valence-electron chi connectivity index (χ2n) is 9.56. The molecule has 0 N–H and O–H groups in total. The van der Waals surface area contributed by atoms with Crippen molar-refractivity contribution in [3.05, 3.63) is 120 Å². The number of benzene rings is 5. The zero-order valence-corrected chi connectivity index (χ0v) is 21.2. The Hall–Kier alpha value is -5.25. The van der Waals surface area contributed by atoms with Gasteiger partial charge in [0.05, 0.1) is 39.1 Å². The topological polar surface area (TPSA) is 66.1 Å². The van der Waals surface area contributed by atoms with Gasteiger partial charge in [0.25, 0.3) is 11.8 Å². The quantitative estimate of drug-likeness (QED) is 0.219. The fourth-order valence-corrected chi connectivity index (χ4v) is 7.18. The zero-order valence-electron chi connectivity index (χ0n) is 20.4. The third-order valence-electron chi connectivity index (χ3n) is 7.57. The minimum absolute atomic E-state index is 0.260. The summed E-state index contributed by atoms with van der Waals surface area (Å²) in [5, 5.41) is 14.7. The van der Waals surface area contributed by atoms with Crippen LogP contribution in [0.5, 0.6) is 0 Å². The largest absolute Gasteiger partial charge is 0.307 e. The third-order valence-corrected chi connectivity index (χ3v) is 8.78. The molecule has 2 aromatic heterocycles. The summed E-state index contributed by atoms with van der Waals surface area (Å²) < 4.78 is 4.48. The molecule has 0 unspecified atom stereocenters. The lowest BCUT2D eigenvalue weighted by molar-refractivity contribution is 0.0926. The Labute approximate surface area is 226 Å². The molecule has 0 aliphatic carbocycles. The van der Waals surface area contributed by atoms with Crippen LogP contribution in [0.4, 0.5) is 5.69 Å². The van der Waals surface area contributed by atoms with E-state index in [-0.39, 0.29) is 5.56 Å². The highest BCUT2D eigenvalue weighted by Gasteiger charge is 2.39. The van der Waals surface area contributed by atoms with E-state index in [0.29, 0.717) is 22.5 Å². The summed E-state index contributed by atoms with van der Waals surface area (Å²) in [5.74, 6) is -0.848. The molecule has 0 atom stereocenters. The lowest BCUT2D eigenvalue weighted by Crippen LogP contribution is -2.31. The third kappa shape index (κ3) is 2.82. The highest BCUT2D eigenvalue weighted by molar-refractivity contribution is 7.26. The summed E-state index contributed by atoms with van der Waals surface area (Å²) in [7, 11) is 0. The monoisotopic (exact) mass is 519 g/mol. The van der Waals surface area contributed by atoms with Crippen LogP contribution < -0.4 is 4.90 Å². The number of aromatic nitrogens is 1. The van der Waals surface area contributed by atoms with Crippen molar-refractivity contribution in [1.29, 1.82) is 5.26 Å². The van der Waals surface area contributed by atoms with Crippen molar-refractivity contribution in [3.63, 3.8) is 0 Å². The predicted octanol–water partition coefficient (Wildman–Crippen LogP) is 7.82. The zero-order chi connectivity index (χ0) is 26.2. The first-order chi connectivity index (χ1) is 19.2. The van der Waals surface area contributed by atoms with Crippen molar-refractivity contribution >= 4 is 70.8 Å². The van der Waals surface area contributed by atoms with E-state index in [0.717, 1.165) is 26.7 Å². The van der Waals surface area contributed by atoms with Gasteiger partial charge in [0.1, 0.15) is 6.07 Å². The molecule has 0 radical (unpaired) electrons. The van der Waals surface area contributed by atoms with E-state index in [1.165, 1.54) is 20.2 Å². The summed E-state index contributed by atoms with van der Waals surface area (Å²) in [6.45, 7) is 0. The van der Waals surface area contributed by atoms with Crippen molar-refractivity contribution in [2.75, 3.05) is 4.90 Å². The molecule has 0 saturated heterocycles. The number of hydrogen-bond acceptors (Lipinski definition) is 4. The number of para-hydroxylation sites is 2. The number of nitriles is 1. The maximum absolute atomic E-state index is 13.6. The van der Waals surface area contributed by atoms with Crippen LogP contribution in [0, 0.1) is 11.3 Å². The molecule has 7 aromatic rings. The van der Waals surface area contributed by atoms with Gasteiger partial charge in [-0.15, -0.1) is 11.3 Å². The Kier molecular flexibility index (Phi) is 4.40. The van der Waals surface area contributed by atoms with Gasteiger partial charge < -0.3 is 4.57 Å². The van der Waals surface area contributed by atoms with E-state index >= 15 is 0 Å². The fraction of sp³-hybridized carbons (Fsp3) is 0. The fourth-order valence-electron chi connectivity index (χ4n) is 5.92. The maximum atomic E-state index is 13.6. The van der Waals surface area contributed by atoms with Gasteiger partial charge in [0.2, 0.25) is 0 Å². The average molecular weight is 520 g/mol. The minimum Gasteiger partial charge on any atom is -0.307 e. The van der Waals surface area contributed by atoms with Gasteiger partial charge in [-0.3, -0.25) is 9.59 Å². The van der Waals surface area contributed by atoms with Crippen LogP contribution in [0.15, 0.2) is 103 Å². The summed E-state index contributed by atoms with van der Waals surface area (Å²) in [4.78, 5) is 28.3. The van der Waals surface area contributed by atoms with E-state index in [1.807, 2.05) is 24.3 Å². The molecule has 1 aliphatic rings. The van der Waals surface area contributed by atoms with Crippen LogP contribution in [0.2, 0.25) is 0 Å². The Morgan fingerprint density at radius 1 is 0.641 bits per heavy atom. The van der Waals surface area contributed by atoms with E-state index in [4.69, 9.17) is 0 Å². The van der Waals surface area contributed by atoms with Crippen LogP contribution >= 0.6 is 11.3 Å². The first-order valence-electron chi connectivity index (χ1n) is 12.5. The van der Waals surface area contributed by atoms with E-state index in [2.05, 4.69) is 53.1 Å². The van der Waals surface area contributed by atoms with Gasteiger partial charge >= 0.3 is 0 Å². The van der Waals surface area contributed by atoms with Gasteiger partial charge in [-0.25, -0.2) is 4.90 Å². The normalized spacial score (nSPS) is 13.2. The maximum Gasteiger partial charge on any atom is 0.266 e. The highest BCUT2D eigenvalue weighted by atomic mass is 32.1. The Morgan fingerprint density at radius 2 is 1.33 bits per heavy atom. The summed E-state index contributed by atoms with van der Waals surface area (Å²) in [6.07, 6.45) is 0. The molecular weight excluding hydrogens is 502 g/mol. The second kappa shape index (κ2) is 7.87. The van der Waals surface area contributed by atoms with E-state index in [1.54, 1.807) is 47.7 Å². The number of thiophene rings is 1. The molecule has 0 fully saturated rings. The number of hydrogen-bond donors (Lipinski definition) is 0. The number of nitrogens with zero attached hydrogens (tertiary/aromatic N) is 3. The van der Waals surface area contributed by atoms with Crippen LogP contribution in [-0.4, -0.2) is 16.4 Å². The Morgan fingerprint density at radius 3 is 2.10 bits per heavy atom. The number of carbonyl (C=O) groups excluding carboxylic acids is 2. The lowest BCUT2D eigenvalue weighted by Gasteiger charge is -2.21. The van der Waals surface area contributed by atoms with E-state index < -0.39 is 11.8 Å². The molecule has 6 heteroatoms. The van der Waals surface area contributed by atoms with Gasteiger partial charge in [0, 0.05) is 30.9 Å². The Balaban J connectivity index is 1.50. The standard InChI is InChI=1S/C33H17N3O2S/c34-18-19-8-7-14-27(30(19)36-32(37)22-10-1-2-11-23(22)33(36)38)35-25-13-5-3-12-24(25)29-26(35)17-16-21-20-9-4-6-15-28(20)39-31(21)29/h1-17H. The van der Waals surface area contributed by atoms with Crippen LogP contribution in [0.3, 0.4) is 0 Å². The number of anilines is 1. The van der Waals surface area contributed by atoms with Crippen molar-refractivity contribution in [3.8, 4) is 11.8 Å². The van der Waals surface area contributed by atoms with Gasteiger partial charge in [-0.1, -0.05) is 60.7 Å². The second-order valence-corrected chi connectivity index (χ2v) is 10.6. The number of imide groups is 1. The molecule has 5 aromatic carbocycles. The first-order valence-corrected chi connectivity index (χ1v) is 13.3. The molecule has 182 valence electrons. The molecule has 0 spiro atoms. The molecule has 3 heterocycles. The lowest BCUT2D eigenvalue weighted by atomic mass is 10.1. The molecule has 1 aliphatic heterocycles. The van der Waals surface area contributed by atoms with E-state index in [9.17, 15) is 14.9 Å². The smallest absolute Gasteiger partial charge is 0.266 e. The molecule has 0 bridgehead atoms. The first kappa shape index (κ1) is 21.8. The van der Waals surface area contributed by atoms with Crippen LogP contribution in [-0.2, 0) is 0 Å². The number of amides is 2. The van der Waals surface area contributed by atoms with Crippen molar-refractivity contribution in [1.82, 2.24) is 4.57 Å².